The maximum atomic E-state index is 12.3. The van der Waals surface area contributed by atoms with Crippen molar-refractivity contribution in [2.45, 2.75) is 18.9 Å². The minimum absolute atomic E-state index is 0.0917. The third-order valence-electron chi connectivity index (χ3n) is 4.07. The molecule has 0 radical (unpaired) electrons. The molecule has 0 unspecified atom stereocenters. The average Bonchev–Trinajstić information content (AvgIpc) is 3.32. The number of ether oxygens (including phenoxy) is 1. The SMILES string of the molecule is COc1ccc(Cl)cc1NC(=O)N1CCN(C2CC2)CC1. The van der Waals surface area contributed by atoms with Crippen molar-refractivity contribution >= 4 is 23.3 Å². The lowest BCUT2D eigenvalue weighted by molar-refractivity contribution is 0.142. The number of carbonyl (C=O) groups is 1. The van der Waals surface area contributed by atoms with Crippen LogP contribution in [0.4, 0.5) is 10.5 Å². The van der Waals surface area contributed by atoms with Crippen LogP contribution >= 0.6 is 11.6 Å². The number of halogens is 1. The quantitative estimate of drug-likeness (QED) is 0.933. The molecule has 1 saturated carbocycles. The van der Waals surface area contributed by atoms with E-state index < -0.39 is 0 Å². The highest BCUT2D eigenvalue weighted by molar-refractivity contribution is 6.31. The van der Waals surface area contributed by atoms with Crippen molar-refractivity contribution < 1.29 is 9.53 Å². The lowest BCUT2D eigenvalue weighted by atomic mass is 10.3. The summed E-state index contributed by atoms with van der Waals surface area (Å²) in [6.07, 6.45) is 2.62. The Hall–Kier alpha value is -1.46. The highest BCUT2D eigenvalue weighted by Gasteiger charge is 2.32. The Labute approximate surface area is 129 Å². The van der Waals surface area contributed by atoms with E-state index in [0.717, 1.165) is 32.2 Å². The van der Waals surface area contributed by atoms with Crippen LogP contribution in [0.2, 0.25) is 5.02 Å². The molecule has 2 fully saturated rings. The van der Waals surface area contributed by atoms with Gasteiger partial charge in [0.1, 0.15) is 5.75 Å². The first kappa shape index (κ1) is 14.5. The smallest absolute Gasteiger partial charge is 0.322 e. The van der Waals surface area contributed by atoms with Crippen molar-refractivity contribution in [3.8, 4) is 5.75 Å². The number of rotatable bonds is 3. The number of carbonyl (C=O) groups excluding carboxylic acids is 1. The molecule has 3 rings (SSSR count). The number of hydrogen-bond donors (Lipinski definition) is 1. The van der Waals surface area contributed by atoms with E-state index in [1.54, 1.807) is 25.3 Å². The number of benzene rings is 1. The van der Waals surface area contributed by atoms with Crippen molar-refractivity contribution in [1.29, 1.82) is 0 Å². The van der Waals surface area contributed by atoms with Crippen molar-refractivity contribution in [1.82, 2.24) is 9.80 Å². The molecule has 21 heavy (non-hydrogen) atoms. The lowest BCUT2D eigenvalue weighted by Crippen LogP contribution is -2.50. The van der Waals surface area contributed by atoms with Gasteiger partial charge >= 0.3 is 6.03 Å². The number of nitrogens with one attached hydrogen (secondary N) is 1. The van der Waals surface area contributed by atoms with Crippen LogP contribution < -0.4 is 10.1 Å². The predicted molar refractivity (Wildman–Crippen MR) is 83.2 cm³/mol. The minimum atomic E-state index is -0.0917. The number of amides is 2. The molecule has 5 nitrogen and oxygen atoms in total. The molecule has 0 bridgehead atoms. The summed E-state index contributed by atoms with van der Waals surface area (Å²) < 4.78 is 5.25. The second-order valence-electron chi connectivity index (χ2n) is 5.53. The van der Waals surface area contributed by atoms with E-state index in [4.69, 9.17) is 16.3 Å². The molecular weight excluding hydrogens is 290 g/mol. The monoisotopic (exact) mass is 309 g/mol. The maximum absolute atomic E-state index is 12.3. The summed E-state index contributed by atoms with van der Waals surface area (Å²) in [5.74, 6) is 0.615. The zero-order chi connectivity index (χ0) is 14.8. The van der Waals surface area contributed by atoms with Gasteiger partial charge in [0.05, 0.1) is 12.8 Å². The summed E-state index contributed by atoms with van der Waals surface area (Å²) in [4.78, 5) is 16.7. The molecule has 1 aliphatic carbocycles. The molecule has 1 heterocycles. The van der Waals surface area contributed by atoms with Crippen LogP contribution in [0.5, 0.6) is 5.75 Å². The standard InChI is InChI=1S/C15H20ClN3O2/c1-21-14-5-2-11(16)10-13(14)17-15(20)19-8-6-18(7-9-19)12-3-4-12/h2,5,10,12H,3-4,6-9H2,1H3,(H,17,20). The maximum Gasteiger partial charge on any atom is 0.322 e. The third-order valence-corrected chi connectivity index (χ3v) is 4.30. The van der Waals surface area contributed by atoms with E-state index in [-0.39, 0.29) is 6.03 Å². The van der Waals surface area contributed by atoms with Crippen molar-refractivity contribution in [3.63, 3.8) is 0 Å². The second kappa shape index (κ2) is 6.12. The van der Waals surface area contributed by atoms with Crippen molar-refractivity contribution in [2.24, 2.45) is 0 Å². The first-order valence-electron chi connectivity index (χ1n) is 7.31. The highest BCUT2D eigenvalue weighted by atomic mass is 35.5. The minimum Gasteiger partial charge on any atom is -0.495 e. The fourth-order valence-electron chi connectivity index (χ4n) is 2.70. The van der Waals surface area contributed by atoms with Crippen LogP contribution in [0.15, 0.2) is 18.2 Å². The molecule has 1 aliphatic heterocycles. The molecule has 0 spiro atoms. The Bertz CT molecular complexity index is 526. The van der Waals surface area contributed by atoms with Gasteiger partial charge in [0.2, 0.25) is 0 Å². The Morgan fingerprint density at radius 2 is 2.00 bits per heavy atom. The lowest BCUT2D eigenvalue weighted by Gasteiger charge is -2.34. The van der Waals surface area contributed by atoms with Gasteiger partial charge in [0, 0.05) is 37.2 Å². The number of piperazine rings is 1. The largest absolute Gasteiger partial charge is 0.495 e. The summed E-state index contributed by atoms with van der Waals surface area (Å²) in [6.45, 7) is 3.46. The summed E-state index contributed by atoms with van der Waals surface area (Å²) in [6, 6.07) is 5.88. The molecule has 114 valence electrons. The van der Waals surface area contributed by atoms with Gasteiger partial charge < -0.3 is 15.0 Å². The van der Waals surface area contributed by atoms with Crippen LogP contribution in [0, 0.1) is 0 Å². The first-order valence-corrected chi connectivity index (χ1v) is 7.68. The first-order chi connectivity index (χ1) is 10.2. The molecule has 0 aromatic heterocycles. The van der Waals surface area contributed by atoms with Crippen LogP contribution in [0.1, 0.15) is 12.8 Å². The van der Waals surface area contributed by atoms with E-state index in [2.05, 4.69) is 10.2 Å². The van der Waals surface area contributed by atoms with Gasteiger partial charge in [-0.05, 0) is 31.0 Å². The van der Waals surface area contributed by atoms with Gasteiger partial charge in [-0.2, -0.15) is 0 Å². The number of methoxy groups -OCH3 is 1. The predicted octanol–water partition coefficient (Wildman–Crippen LogP) is 2.66. The Kier molecular flexibility index (Phi) is 4.22. The van der Waals surface area contributed by atoms with Crippen LogP contribution in [-0.4, -0.2) is 55.2 Å². The average molecular weight is 310 g/mol. The molecule has 2 amide bonds. The molecule has 1 aromatic carbocycles. The number of hydrogen-bond acceptors (Lipinski definition) is 3. The topological polar surface area (TPSA) is 44.8 Å². The summed E-state index contributed by atoms with van der Waals surface area (Å²) in [7, 11) is 1.58. The van der Waals surface area contributed by atoms with Crippen LogP contribution in [0.25, 0.3) is 0 Å². The highest BCUT2D eigenvalue weighted by Crippen LogP contribution is 2.29. The Morgan fingerprint density at radius 1 is 1.29 bits per heavy atom. The van der Waals surface area contributed by atoms with Gasteiger partial charge in [-0.3, -0.25) is 4.90 Å². The molecule has 1 aromatic rings. The number of nitrogens with zero attached hydrogens (tertiary/aromatic N) is 2. The van der Waals surface area contributed by atoms with Gasteiger partial charge in [-0.1, -0.05) is 11.6 Å². The molecule has 1 saturated heterocycles. The van der Waals surface area contributed by atoms with Crippen LogP contribution in [0.3, 0.4) is 0 Å². The molecule has 1 N–H and O–H groups in total. The fraction of sp³-hybridized carbons (Fsp3) is 0.533. The number of anilines is 1. The van der Waals surface area contributed by atoms with Crippen molar-refractivity contribution in [3.05, 3.63) is 23.2 Å². The van der Waals surface area contributed by atoms with Gasteiger partial charge in [-0.25, -0.2) is 4.79 Å². The van der Waals surface area contributed by atoms with E-state index in [1.165, 1.54) is 12.8 Å². The molecule has 6 heteroatoms. The summed E-state index contributed by atoms with van der Waals surface area (Å²) >= 11 is 5.98. The summed E-state index contributed by atoms with van der Waals surface area (Å²) in [5.41, 5.74) is 0.611. The van der Waals surface area contributed by atoms with Gasteiger partial charge in [-0.15, -0.1) is 0 Å². The normalized spacial score (nSPS) is 19.4. The number of urea groups is 1. The molecule has 2 aliphatic rings. The zero-order valence-electron chi connectivity index (χ0n) is 12.1. The summed E-state index contributed by atoms with van der Waals surface area (Å²) in [5, 5.41) is 3.46. The molecule has 0 atom stereocenters. The van der Waals surface area contributed by atoms with Crippen molar-refractivity contribution in [2.75, 3.05) is 38.6 Å². The van der Waals surface area contributed by atoms with E-state index >= 15 is 0 Å². The van der Waals surface area contributed by atoms with E-state index in [0.29, 0.717) is 16.5 Å². The van der Waals surface area contributed by atoms with E-state index in [9.17, 15) is 4.79 Å². The second-order valence-corrected chi connectivity index (χ2v) is 5.97. The third kappa shape index (κ3) is 3.41. The van der Waals surface area contributed by atoms with Gasteiger partial charge in [0.15, 0.2) is 0 Å². The van der Waals surface area contributed by atoms with E-state index in [1.807, 2.05) is 4.90 Å². The van der Waals surface area contributed by atoms with Gasteiger partial charge in [0.25, 0.3) is 0 Å². The van der Waals surface area contributed by atoms with Crippen LogP contribution in [-0.2, 0) is 0 Å². The molecular formula is C15H20ClN3O2. The Balaban J connectivity index is 1.60. The fourth-order valence-corrected chi connectivity index (χ4v) is 2.87. The zero-order valence-corrected chi connectivity index (χ0v) is 12.9. The Morgan fingerprint density at radius 3 is 2.62 bits per heavy atom.